The molecule has 1 saturated heterocycles. The first-order valence-electron chi connectivity index (χ1n) is 19.6. The molecule has 0 unspecified atom stereocenters. The number of nitrogens with one attached hydrogen (secondary N) is 1. The van der Waals surface area contributed by atoms with Crippen LogP contribution in [0.2, 0.25) is 20.6 Å². The Bertz CT molecular complexity index is 2610. The summed E-state index contributed by atoms with van der Waals surface area (Å²) < 4.78 is 46.6. The zero-order chi connectivity index (χ0) is 46.1. The molecule has 2 aromatic carbocycles. The summed E-state index contributed by atoms with van der Waals surface area (Å²) >= 11 is 24.8. The Labute approximate surface area is 389 Å². The van der Waals surface area contributed by atoms with E-state index in [4.69, 9.17) is 60.7 Å². The van der Waals surface area contributed by atoms with E-state index in [1.54, 1.807) is 10.7 Å². The normalized spacial score (nSPS) is 24.4. The Morgan fingerprint density at radius 1 is 0.769 bits per heavy atom. The van der Waals surface area contributed by atoms with Crippen LogP contribution in [-0.4, -0.2) is 126 Å². The lowest BCUT2D eigenvalue weighted by Crippen LogP contribution is -2.30. The fourth-order valence-electron chi connectivity index (χ4n) is 7.99. The molecule has 18 nitrogen and oxygen atoms in total. The van der Waals surface area contributed by atoms with E-state index in [0.717, 1.165) is 11.1 Å². The zero-order valence-electron chi connectivity index (χ0n) is 33.7. The van der Waals surface area contributed by atoms with E-state index in [1.165, 1.54) is 4.68 Å². The van der Waals surface area contributed by atoms with Crippen LogP contribution >= 0.6 is 46.4 Å². The first kappa shape index (κ1) is 50.0. The van der Waals surface area contributed by atoms with Gasteiger partial charge in [0.1, 0.15) is 12.2 Å². The number of benzene rings is 2. The van der Waals surface area contributed by atoms with E-state index in [1.807, 2.05) is 56.3 Å². The van der Waals surface area contributed by atoms with Gasteiger partial charge in [-0.05, 0) is 73.2 Å². The summed E-state index contributed by atoms with van der Waals surface area (Å²) in [7, 11) is 0. The minimum absolute atomic E-state index is 0. The SMILES string of the molecule is C.CC1(C)O[C@@H]2[C@@H](CO)C[C@@H](n3nnc4c(Cc5ccccc5Cl)nc(Cl)nc43)[C@@H]2O1.O=CC(F)(F)F.OC[C@H]1C[C@@H](n2nnc3c(NCc4ccccc4Cl)nc(Cl)nc32)[C@H](O)[C@@H]1O. The van der Waals surface area contributed by atoms with Gasteiger partial charge in [0.05, 0.1) is 30.0 Å². The van der Waals surface area contributed by atoms with Gasteiger partial charge in [-0.2, -0.15) is 28.1 Å². The second kappa shape index (κ2) is 20.6. The molecule has 3 fully saturated rings. The molecule has 3 aliphatic rings. The summed E-state index contributed by atoms with van der Waals surface area (Å²) in [5, 5.41) is 61.2. The van der Waals surface area contributed by atoms with Gasteiger partial charge < -0.3 is 35.2 Å². The van der Waals surface area contributed by atoms with E-state index >= 15 is 0 Å². The molecule has 9 rings (SSSR count). The van der Waals surface area contributed by atoms with E-state index in [9.17, 15) is 33.6 Å². The monoisotopic (exact) mass is 987 g/mol. The summed E-state index contributed by atoms with van der Waals surface area (Å²) in [5.74, 6) is -0.845. The molecule has 5 N–H and O–H groups in total. The summed E-state index contributed by atoms with van der Waals surface area (Å²) in [4.78, 5) is 25.9. The number of alkyl halides is 3. The second-order valence-electron chi connectivity index (χ2n) is 15.6. The third kappa shape index (κ3) is 11.1. The molecule has 4 aromatic heterocycles. The van der Waals surface area contributed by atoms with Crippen molar-refractivity contribution in [3.8, 4) is 0 Å². The molecule has 65 heavy (non-hydrogen) atoms. The van der Waals surface area contributed by atoms with Crippen molar-refractivity contribution in [2.24, 2.45) is 11.8 Å². The van der Waals surface area contributed by atoms with Crippen molar-refractivity contribution in [3.63, 3.8) is 0 Å². The molecule has 350 valence electrons. The number of carbonyl (C=O) groups excluding carboxylic acids is 1. The van der Waals surface area contributed by atoms with Gasteiger partial charge in [0, 0.05) is 48.1 Å². The molecule has 8 atom stereocenters. The summed E-state index contributed by atoms with van der Waals surface area (Å²) in [6.07, 6.45) is -6.90. The van der Waals surface area contributed by atoms with Gasteiger partial charge in [-0.15, -0.1) is 10.2 Å². The fraction of sp³-hybridized carbons (Fsp3) is 0.475. The maximum atomic E-state index is 10.4. The third-order valence-electron chi connectivity index (χ3n) is 10.9. The molecular weight excluding hydrogens is 945 g/mol. The largest absolute Gasteiger partial charge is 0.446 e. The van der Waals surface area contributed by atoms with Crippen molar-refractivity contribution in [2.75, 3.05) is 18.5 Å². The minimum atomic E-state index is -4.64. The Balaban J connectivity index is 0.000000189. The number of hydrogen-bond donors (Lipinski definition) is 5. The van der Waals surface area contributed by atoms with Crippen LogP contribution in [0, 0.1) is 11.8 Å². The number of ether oxygens (including phenoxy) is 2. The number of aromatic nitrogens is 10. The molecule has 2 aliphatic carbocycles. The predicted molar refractivity (Wildman–Crippen MR) is 232 cm³/mol. The first-order valence-corrected chi connectivity index (χ1v) is 21.2. The Hall–Kier alpha value is -4.42. The van der Waals surface area contributed by atoms with Gasteiger partial charge in [0.15, 0.2) is 33.9 Å². The summed E-state index contributed by atoms with van der Waals surface area (Å²) in [6, 6.07) is 14.2. The quantitative estimate of drug-likeness (QED) is 0.0825. The molecule has 1 aliphatic heterocycles. The highest BCUT2D eigenvalue weighted by Crippen LogP contribution is 2.47. The van der Waals surface area contributed by atoms with Gasteiger partial charge in [-0.3, -0.25) is 4.79 Å². The van der Waals surface area contributed by atoms with Crippen LogP contribution in [0.15, 0.2) is 48.5 Å². The van der Waals surface area contributed by atoms with Crippen molar-refractivity contribution in [1.82, 2.24) is 49.9 Å². The highest BCUT2D eigenvalue weighted by molar-refractivity contribution is 6.31. The number of aliphatic hydroxyl groups excluding tert-OH is 4. The van der Waals surface area contributed by atoms with E-state index in [-0.39, 0.29) is 55.4 Å². The van der Waals surface area contributed by atoms with Gasteiger partial charge in [-0.1, -0.05) is 77.5 Å². The van der Waals surface area contributed by atoms with Crippen LogP contribution in [0.1, 0.15) is 63.0 Å². The zero-order valence-corrected chi connectivity index (χ0v) is 36.7. The van der Waals surface area contributed by atoms with Gasteiger partial charge in [0.25, 0.3) is 0 Å². The third-order valence-corrected chi connectivity index (χ3v) is 12.0. The number of aliphatic hydroxyl groups is 4. The topological polar surface area (TPSA) is 241 Å². The second-order valence-corrected chi connectivity index (χ2v) is 17.1. The average molecular weight is 990 g/mol. The lowest BCUT2D eigenvalue weighted by molar-refractivity contribution is -0.162. The van der Waals surface area contributed by atoms with Crippen LogP contribution in [0.4, 0.5) is 19.0 Å². The van der Waals surface area contributed by atoms with Crippen LogP contribution in [0.25, 0.3) is 22.3 Å². The standard InChI is InChI=1S/C20H21Cl2N5O3.C17H18Cl2N6O3.C2HF3O.CH4/c1-20(2)29-16-11(9-28)8-14(17(16)30-20)27-18-15(25-26-27)13(23-19(22)24-18)7-10-5-3-4-6-12(10)21;18-10-4-2-1-3-8(10)6-20-15-12-16(22-17(19)21-15)25(24-23-12)11-5-9(7-26)13(27)14(11)28;3-2(4,5)1-6;/h3-6,11,14,16-17,28H,7-9H2,1-2H3;1-4,9,11,13-14,26-28H,5-7H2,(H,20,21,22);1H;1H4/t11-,14-,16-,17+;9-,11-,13-,14+;;/m11../s1. The number of halogens is 7. The predicted octanol–water partition coefficient (Wildman–Crippen LogP) is 5.99. The molecule has 0 spiro atoms. The van der Waals surface area contributed by atoms with Crippen LogP contribution in [-0.2, 0) is 27.2 Å². The number of carbonyl (C=O) groups is 1. The van der Waals surface area contributed by atoms with Crippen molar-refractivity contribution in [3.05, 3.63) is 86.0 Å². The minimum Gasteiger partial charge on any atom is -0.396 e. The van der Waals surface area contributed by atoms with E-state index in [0.29, 0.717) is 69.7 Å². The molecule has 5 heterocycles. The van der Waals surface area contributed by atoms with Crippen molar-refractivity contribution < 1.29 is 47.9 Å². The van der Waals surface area contributed by atoms with E-state index < -0.39 is 42.4 Å². The number of nitrogens with zero attached hydrogens (tertiary/aromatic N) is 10. The molecule has 6 aromatic rings. The number of hydrogen-bond acceptors (Lipinski definition) is 16. The Morgan fingerprint density at radius 3 is 1.88 bits per heavy atom. The van der Waals surface area contributed by atoms with Crippen LogP contribution in [0.5, 0.6) is 0 Å². The number of rotatable bonds is 9. The number of aldehydes is 1. The van der Waals surface area contributed by atoms with Gasteiger partial charge in [0.2, 0.25) is 16.9 Å². The number of fused-ring (bicyclic) bond motifs is 3. The molecule has 0 radical (unpaired) electrons. The molecule has 2 saturated carbocycles. The summed E-state index contributed by atoms with van der Waals surface area (Å²) in [6.45, 7) is 3.92. The lowest BCUT2D eigenvalue weighted by atomic mass is 10.1. The lowest BCUT2D eigenvalue weighted by Gasteiger charge is -2.23. The smallest absolute Gasteiger partial charge is 0.396 e. The fourth-order valence-corrected chi connectivity index (χ4v) is 8.75. The highest BCUT2D eigenvalue weighted by atomic mass is 35.5. The maximum absolute atomic E-state index is 10.4. The molecule has 0 bridgehead atoms. The Morgan fingerprint density at radius 2 is 1.29 bits per heavy atom. The molecule has 25 heteroatoms. The van der Waals surface area contributed by atoms with Crippen molar-refractivity contribution in [2.45, 2.75) is 95.5 Å². The molecular formula is C40H44Cl4F3N11O7. The van der Waals surface area contributed by atoms with E-state index in [2.05, 4.69) is 45.9 Å². The maximum Gasteiger partial charge on any atom is 0.446 e. The molecule has 0 amide bonds. The summed E-state index contributed by atoms with van der Waals surface area (Å²) in [5.41, 5.74) is 4.26. The average Bonchev–Trinajstić information content (AvgIpc) is 4.07. The first-order chi connectivity index (χ1) is 30.4. The van der Waals surface area contributed by atoms with Gasteiger partial charge in [-0.25, -0.2) is 14.3 Å². The van der Waals surface area contributed by atoms with Crippen molar-refractivity contribution in [1.29, 1.82) is 0 Å². The van der Waals surface area contributed by atoms with Gasteiger partial charge >= 0.3 is 6.18 Å². The van der Waals surface area contributed by atoms with Crippen LogP contribution < -0.4 is 5.32 Å². The van der Waals surface area contributed by atoms with Crippen LogP contribution in [0.3, 0.4) is 0 Å². The van der Waals surface area contributed by atoms with Crippen molar-refractivity contribution >= 4 is 80.8 Å². The number of anilines is 1. The highest BCUT2D eigenvalue weighted by Gasteiger charge is 2.55. The Kier molecular flexibility index (Phi) is 15.9.